The molecule has 1 aliphatic heterocycles. The average molecular weight is 725 g/mol. The fraction of sp³-hybridized carbons (Fsp3) is 0.930. The van der Waals surface area contributed by atoms with Gasteiger partial charge in [0.1, 0.15) is 13.2 Å². The van der Waals surface area contributed by atoms with Crippen molar-refractivity contribution in [2.45, 2.75) is 233 Å². The Morgan fingerprint density at radius 1 is 0.588 bits per heavy atom. The summed E-state index contributed by atoms with van der Waals surface area (Å²) in [7, 11) is 0. The van der Waals surface area contributed by atoms with E-state index in [-0.39, 0.29) is 31.7 Å². The van der Waals surface area contributed by atoms with Crippen LogP contribution in [0.1, 0.15) is 214 Å². The lowest BCUT2D eigenvalue weighted by Crippen LogP contribution is -2.61. The number of hydrogen-bond donors (Lipinski definition) is 1. The average Bonchev–Trinajstić information content (AvgIpc) is 3.10. The van der Waals surface area contributed by atoms with Crippen molar-refractivity contribution >= 4 is 18.5 Å². The van der Waals surface area contributed by atoms with Gasteiger partial charge in [-0.2, -0.15) is 0 Å². The molecule has 0 saturated carbocycles. The van der Waals surface area contributed by atoms with Crippen molar-refractivity contribution in [3.05, 3.63) is 0 Å². The monoisotopic (exact) mass is 725 g/mol. The molecule has 1 saturated heterocycles. The molecule has 1 aliphatic rings. The summed E-state index contributed by atoms with van der Waals surface area (Å²) in [6, 6.07) is 0.511. The number of alkyl carbamates (subject to hydrolysis) is 1. The van der Waals surface area contributed by atoms with Gasteiger partial charge in [0.15, 0.2) is 6.10 Å². The Labute approximate surface area is 315 Å². The molecule has 51 heavy (non-hydrogen) atoms. The molecule has 1 heterocycles. The summed E-state index contributed by atoms with van der Waals surface area (Å²) < 4.78 is 15.2. The van der Waals surface area contributed by atoms with Crippen LogP contribution in [0.25, 0.3) is 0 Å². The zero-order chi connectivity index (χ0) is 37.6. The van der Waals surface area contributed by atoms with Crippen LogP contribution in [-0.2, 0) is 23.8 Å². The van der Waals surface area contributed by atoms with Gasteiger partial charge in [0, 0.05) is 25.6 Å². The van der Waals surface area contributed by atoms with Gasteiger partial charge in [0.05, 0.1) is 6.04 Å². The minimum atomic E-state index is -0.803. The van der Waals surface area contributed by atoms with Gasteiger partial charge < -0.3 is 19.5 Å². The predicted octanol–water partition coefficient (Wildman–Crippen LogP) is 11.9. The molecule has 302 valence electrons. The van der Waals surface area contributed by atoms with Crippen molar-refractivity contribution in [2.24, 2.45) is 0 Å². The first kappa shape index (κ1) is 49.2. The Kier molecular flexibility index (Phi) is 36.6. The van der Waals surface area contributed by atoms with E-state index >= 15 is 0 Å². The first-order chi connectivity index (χ1) is 24.9. The Morgan fingerprint density at radius 2 is 0.941 bits per heavy atom. The minimum absolute atomic E-state index is 0.0634. The normalized spacial score (nSPS) is 13.6. The van der Waals surface area contributed by atoms with E-state index in [1.54, 1.807) is 0 Å². The maximum atomic E-state index is 12.0. The standard InChI is InChI=1S/C27H50N2O6.C16H34/c1-4-5-6-7-8-9-10-11-12-13-14-15-16-17-26(31)33-20-25(35-22-30)21-34-27(32)28-24-18-29(19-24)23(2)3;1-3-5-7-9-11-13-15-16-14-12-10-8-6-4-2/h22-25H,4-21H2,1-3H3,(H,28,32);3-16H2,1-2H3. The summed E-state index contributed by atoms with van der Waals surface area (Å²) in [5, 5.41) is 2.78. The number of amides is 1. The molecule has 1 rings (SSSR count). The molecule has 8 heteroatoms. The third-order valence-electron chi connectivity index (χ3n) is 9.98. The van der Waals surface area contributed by atoms with Gasteiger partial charge in [0.2, 0.25) is 0 Å². The number of ether oxygens (including phenoxy) is 3. The summed E-state index contributed by atoms with van der Waals surface area (Å²) in [5.41, 5.74) is 0. The second kappa shape index (κ2) is 37.9. The highest BCUT2D eigenvalue weighted by molar-refractivity contribution is 5.69. The second-order valence-electron chi connectivity index (χ2n) is 15.3. The van der Waals surface area contributed by atoms with Crippen molar-refractivity contribution < 1.29 is 28.6 Å². The van der Waals surface area contributed by atoms with E-state index in [4.69, 9.17) is 14.2 Å². The fourth-order valence-electron chi connectivity index (χ4n) is 6.42. The lowest BCUT2D eigenvalue weighted by molar-refractivity contribution is -0.153. The number of nitrogens with zero attached hydrogens (tertiary/aromatic N) is 1. The van der Waals surface area contributed by atoms with Gasteiger partial charge >= 0.3 is 12.1 Å². The quantitative estimate of drug-likeness (QED) is 0.0301. The minimum Gasteiger partial charge on any atom is -0.462 e. The third-order valence-corrected chi connectivity index (χ3v) is 9.98. The zero-order valence-corrected chi connectivity index (χ0v) is 34.3. The molecule has 1 fully saturated rings. The summed E-state index contributed by atoms with van der Waals surface area (Å²) >= 11 is 0. The maximum Gasteiger partial charge on any atom is 0.407 e. The van der Waals surface area contributed by atoms with Crippen LogP contribution in [0.2, 0.25) is 0 Å². The zero-order valence-electron chi connectivity index (χ0n) is 34.3. The van der Waals surface area contributed by atoms with Gasteiger partial charge in [0.25, 0.3) is 6.47 Å². The summed E-state index contributed by atoms with van der Waals surface area (Å²) in [6.07, 6.45) is 35.7. The number of carbonyl (C=O) groups excluding carboxylic acids is 3. The van der Waals surface area contributed by atoms with Crippen molar-refractivity contribution in [2.75, 3.05) is 26.3 Å². The van der Waals surface area contributed by atoms with Crippen LogP contribution in [0.5, 0.6) is 0 Å². The van der Waals surface area contributed by atoms with E-state index in [9.17, 15) is 14.4 Å². The van der Waals surface area contributed by atoms with Gasteiger partial charge in [-0.1, -0.05) is 188 Å². The summed E-state index contributed by atoms with van der Waals surface area (Å²) in [6.45, 7) is 12.6. The third kappa shape index (κ3) is 33.7. The number of carbonyl (C=O) groups is 3. The number of nitrogens with one attached hydrogen (secondary N) is 1. The van der Waals surface area contributed by atoms with Gasteiger partial charge in [-0.15, -0.1) is 0 Å². The van der Waals surface area contributed by atoms with Crippen LogP contribution >= 0.6 is 0 Å². The van der Waals surface area contributed by atoms with E-state index < -0.39 is 12.2 Å². The summed E-state index contributed by atoms with van der Waals surface area (Å²) in [5.74, 6) is -0.319. The van der Waals surface area contributed by atoms with Crippen LogP contribution in [0, 0.1) is 0 Å². The number of likely N-dealkylation sites (tertiary alicyclic amines) is 1. The molecule has 1 atom stereocenters. The maximum absolute atomic E-state index is 12.0. The summed E-state index contributed by atoms with van der Waals surface area (Å²) in [4.78, 5) is 36.9. The number of unbranched alkanes of at least 4 members (excludes halogenated alkanes) is 25. The molecule has 1 amide bonds. The molecule has 0 aromatic heterocycles. The SMILES string of the molecule is CCCCCCCCCCCCCCCC.CCCCCCCCCCCCCCCC(=O)OCC(COC(=O)NC1CN(C(C)C)C1)OC=O. The van der Waals surface area contributed by atoms with Crippen LogP contribution < -0.4 is 5.32 Å². The highest BCUT2D eigenvalue weighted by atomic mass is 16.6. The molecular weight excluding hydrogens is 640 g/mol. The molecule has 0 radical (unpaired) electrons. The first-order valence-electron chi connectivity index (χ1n) is 21.8. The smallest absolute Gasteiger partial charge is 0.407 e. The highest BCUT2D eigenvalue weighted by Crippen LogP contribution is 2.15. The highest BCUT2D eigenvalue weighted by Gasteiger charge is 2.30. The number of hydrogen-bond acceptors (Lipinski definition) is 7. The predicted molar refractivity (Wildman–Crippen MR) is 213 cm³/mol. The molecule has 0 aliphatic carbocycles. The second-order valence-corrected chi connectivity index (χ2v) is 15.3. The largest absolute Gasteiger partial charge is 0.462 e. The van der Waals surface area contributed by atoms with E-state index in [2.05, 4.69) is 44.8 Å². The van der Waals surface area contributed by atoms with E-state index in [1.807, 2.05) is 0 Å². The van der Waals surface area contributed by atoms with Crippen molar-refractivity contribution in [1.29, 1.82) is 0 Å². The number of esters is 1. The van der Waals surface area contributed by atoms with Gasteiger partial charge in [-0.05, 0) is 20.3 Å². The topological polar surface area (TPSA) is 94.2 Å². The van der Waals surface area contributed by atoms with Crippen molar-refractivity contribution in [3.8, 4) is 0 Å². The fourth-order valence-corrected chi connectivity index (χ4v) is 6.42. The Morgan fingerprint density at radius 3 is 1.29 bits per heavy atom. The van der Waals surface area contributed by atoms with Crippen LogP contribution in [0.3, 0.4) is 0 Å². The van der Waals surface area contributed by atoms with Gasteiger partial charge in [-0.25, -0.2) is 4.79 Å². The van der Waals surface area contributed by atoms with E-state index in [0.29, 0.717) is 12.5 Å². The van der Waals surface area contributed by atoms with E-state index in [0.717, 1.165) is 32.4 Å². The molecular formula is C43H84N2O6. The van der Waals surface area contributed by atoms with Crippen molar-refractivity contribution in [1.82, 2.24) is 10.2 Å². The Balaban J connectivity index is 0.00000131. The molecule has 0 bridgehead atoms. The lowest BCUT2D eigenvalue weighted by Gasteiger charge is -2.41. The van der Waals surface area contributed by atoms with Crippen LogP contribution in [-0.4, -0.2) is 67.9 Å². The molecule has 0 spiro atoms. The molecule has 0 aromatic carbocycles. The molecule has 1 N–H and O–H groups in total. The van der Waals surface area contributed by atoms with Crippen molar-refractivity contribution in [3.63, 3.8) is 0 Å². The molecule has 0 aromatic rings. The molecule has 8 nitrogen and oxygen atoms in total. The number of rotatable bonds is 35. The van der Waals surface area contributed by atoms with E-state index in [1.165, 1.54) is 154 Å². The van der Waals surface area contributed by atoms with Gasteiger partial charge in [-0.3, -0.25) is 14.5 Å². The first-order valence-corrected chi connectivity index (χ1v) is 21.8. The van der Waals surface area contributed by atoms with Crippen LogP contribution in [0.15, 0.2) is 0 Å². The Bertz CT molecular complexity index is 760. The lowest BCUT2D eigenvalue weighted by atomic mass is 10.0. The molecule has 1 unspecified atom stereocenters. The Hall–Kier alpha value is -1.83. The van der Waals surface area contributed by atoms with Crippen LogP contribution in [0.4, 0.5) is 4.79 Å².